The fraction of sp³-hybridized carbons (Fsp3) is 0.500. The van der Waals surface area contributed by atoms with Crippen LogP contribution in [-0.2, 0) is 6.42 Å². The highest BCUT2D eigenvalue weighted by Gasteiger charge is 2.19. The molecule has 1 aromatic rings. The molecule has 1 rings (SSSR count). The number of allylic oxidation sites excluding steroid dienone is 1. The molecule has 0 saturated heterocycles. The Hall–Kier alpha value is -1.51. The average molecular weight is 233 g/mol. The molecule has 94 valence electrons. The molecule has 1 heterocycles. The van der Waals surface area contributed by atoms with Crippen molar-refractivity contribution in [2.45, 2.75) is 27.2 Å². The van der Waals surface area contributed by atoms with E-state index < -0.39 is 0 Å². The highest BCUT2D eigenvalue weighted by molar-refractivity contribution is 5.64. The maximum absolute atomic E-state index is 5.94. The summed E-state index contributed by atoms with van der Waals surface area (Å²) in [4.78, 5) is 4.32. The fourth-order valence-corrected chi connectivity index (χ4v) is 2.30. The minimum Gasteiger partial charge on any atom is -0.397 e. The molecule has 0 bridgehead atoms. The summed E-state index contributed by atoms with van der Waals surface area (Å²) in [5.41, 5.74) is 13.8. The van der Waals surface area contributed by atoms with Crippen LogP contribution in [0.1, 0.15) is 26.5 Å². The van der Waals surface area contributed by atoms with Crippen molar-refractivity contribution in [2.24, 2.45) is 17.8 Å². The second kappa shape index (κ2) is 5.71. The third-order valence-corrected chi connectivity index (χ3v) is 3.32. The van der Waals surface area contributed by atoms with E-state index in [2.05, 4.69) is 32.3 Å². The lowest BCUT2D eigenvalue weighted by Gasteiger charge is -2.24. The van der Waals surface area contributed by atoms with Gasteiger partial charge < -0.3 is 11.5 Å². The molecule has 0 aliphatic rings. The average Bonchev–Trinajstić information content (AvgIpc) is 2.25. The van der Waals surface area contributed by atoms with Crippen LogP contribution in [0.5, 0.6) is 0 Å². The largest absolute Gasteiger partial charge is 0.397 e. The van der Waals surface area contributed by atoms with Crippen molar-refractivity contribution in [1.29, 1.82) is 0 Å². The Morgan fingerprint density at radius 2 is 2.00 bits per heavy atom. The zero-order chi connectivity index (χ0) is 13.0. The molecule has 2 atom stereocenters. The highest BCUT2D eigenvalue weighted by Crippen LogP contribution is 2.27. The zero-order valence-corrected chi connectivity index (χ0v) is 11.0. The van der Waals surface area contributed by atoms with E-state index >= 15 is 0 Å². The molecule has 17 heavy (non-hydrogen) atoms. The molecule has 2 unspecified atom stereocenters. The third kappa shape index (κ3) is 3.22. The second-order valence-electron chi connectivity index (χ2n) is 5.00. The summed E-state index contributed by atoms with van der Waals surface area (Å²) in [6, 6.07) is 1.73. The molecule has 3 nitrogen and oxygen atoms in total. The van der Waals surface area contributed by atoms with Crippen molar-refractivity contribution in [2.75, 3.05) is 11.5 Å². The van der Waals surface area contributed by atoms with Gasteiger partial charge in [-0.25, -0.2) is 0 Å². The molecule has 0 fully saturated rings. The van der Waals surface area contributed by atoms with Crippen LogP contribution < -0.4 is 11.5 Å². The number of hydrogen-bond acceptors (Lipinski definition) is 3. The summed E-state index contributed by atoms with van der Waals surface area (Å²) in [5, 5.41) is 0. The summed E-state index contributed by atoms with van der Waals surface area (Å²) in [7, 11) is 0. The van der Waals surface area contributed by atoms with E-state index in [0.717, 1.165) is 12.1 Å². The topological polar surface area (TPSA) is 64.9 Å². The summed E-state index contributed by atoms with van der Waals surface area (Å²) >= 11 is 0. The highest BCUT2D eigenvalue weighted by atomic mass is 14.8. The predicted octanol–water partition coefficient (Wildman–Crippen LogP) is 2.88. The number of nitrogen functional groups attached to an aromatic ring is 2. The van der Waals surface area contributed by atoms with Gasteiger partial charge in [0.05, 0.1) is 17.1 Å². The number of pyridine rings is 1. The number of anilines is 2. The number of aromatic nitrogens is 1. The van der Waals surface area contributed by atoms with Crippen LogP contribution >= 0.6 is 0 Å². The Morgan fingerprint density at radius 1 is 1.35 bits per heavy atom. The van der Waals surface area contributed by atoms with E-state index in [1.54, 1.807) is 12.3 Å². The first-order valence-corrected chi connectivity index (χ1v) is 6.08. The Balaban J connectivity index is 2.83. The van der Waals surface area contributed by atoms with E-state index in [9.17, 15) is 0 Å². The molecule has 4 N–H and O–H groups in total. The molecule has 1 aromatic heterocycles. The quantitative estimate of drug-likeness (QED) is 0.768. The van der Waals surface area contributed by atoms with Gasteiger partial charge in [-0.2, -0.15) is 0 Å². The first-order valence-electron chi connectivity index (χ1n) is 6.08. The maximum Gasteiger partial charge on any atom is 0.0766 e. The predicted molar refractivity (Wildman–Crippen MR) is 74.5 cm³/mol. The number of rotatable bonds is 5. The van der Waals surface area contributed by atoms with Crippen LogP contribution in [0.3, 0.4) is 0 Å². The third-order valence-electron chi connectivity index (χ3n) is 3.32. The van der Waals surface area contributed by atoms with Gasteiger partial charge in [-0.05, 0) is 30.2 Å². The minimum atomic E-state index is 0.462. The van der Waals surface area contributed by atoms with Gasteiger partial charge in [0, 0.05) is 6.20 Å². The van der Waals surface area contributed by atoms with Crippen LogP contribution in [0.4, 0.5) is 11.4 Å². The van der Waals surface area contributed by atoms with Crippen molar-refractivity contribution in [1.82, 2.24) is 4.98 Å². The number of nitrogens with two attached hydrogens (primary N) is 2. The van der Waals surface area contributed by atoms with Gasteiger partial charge in [0.15, 0.2) is 0 Å². The van der Waals surface area contributed by atoms with Gasteiger partial charge in [0.2, 0.25) is 0 Å². The lowest BCUT2D eigenvalue weighted by molar-refractivity contribution is 0.331. The second-order valence-corrected chi connectivity index (χ2v) is 5.00. The first kappa shape index (κ1) is 13.6. The maximum atomic E-state index is 5.94. The van der Waals surface area contributed by atoms with Gasteiger partial charge in [-0.3, -0.25) is 4.98 Å². The number of hydrogen-bond donors (Lipinski definition) is 2. The normalized spacial score (nSPS) is 14.6. The van der Waals surface area contributed by atoms with Crippen LogP contribution in [0, 0.1) is 17.8 Å². The molecular formula is C14H23N3. The van der Waals surface area contributed by atoms with E-state index in [-0.39, 0.29) is 0 Å². The summed E-state index contributed by atoms with van der Waals surface area (Å²) in [6.07, 6.45) is 4.58. The SMILES string of the molecule is C=CC(C(C)C)C(C)Cc1nccc(N)c1N. The summed E-state index contributed by atoms with van der Waals surface area (Å²) in [6.45, 7) is 10.5. The van der Waals surface area contributed by atoms with Gasteiger partial charge in [0.25, 0.3) is 0 Å². The lowest BCUT2D eigenvalue weighted by Crippen LogP contribution is -2.19. The van der Waals surface area contributed by atoms with E-state index in [1.807, 2.05) is 6.08 Å². The molecular weight excluding hydrogens is 210 g/mol. The fourth-order valence-electron chi connectivity index (χ4n) is 2.30. The molecule has 3 heteroatoms. The van der Waals surface area contributed by atoms with Crippen molar-refractivity contribution in [3.63, 3.8) is 0 Å². The van der Waals surface area contributed by atoms with Gasteiger partial charge in [-0.1, -0.05) is 26.8 Å². The molecule has 0 radical (unpaired) electrons. The Bertz CT molecular complexity index is 385. The Labute approximate surface area is 104 Å². The van der Waals surface area contributed by atoms with Crippen LogP contribution in [0.15, 0.2) is 24.9 Å². The van der Waals surface area contributed by atoms with Crippen molar-refractivity contribution in [3.8, 4) is 0 Å². The van der Waals surface area contributed by atoms with E-state index in [4.69, 9.17) is 11.5 Å². The molecule has 0 amide bonds. The first-order chi connectivity index (χ1) is 7.97. The Kier molecular flexibility index (Phi) is 4.55. The van der Waals surface area contributed by atoms with Crippen molar-refractivity contribution in [3.05, 3.63) is 30.6 Å². The molecule has 0 spiro atoms. The van der Waals surface area contributed by atoms with Gasteiger partial charge in [0.1, 0.15) is 0 Å². The number of nitrogens with zero attached hydrogens (tertiary/aromatic N) is 1. The van der Waals surface area contributed by atoms with Crippen LogP contribution in [0.2, 0.25) is 0 Å². The molecule has 0 aliphatic heterocycles. The minimum absolute atomic E-state index is 0.462. The van der Waals surface area contributed by atoms with Crippen molar-refractivity contribution < 1.29 is 0 Å². The van der Waals surface area contributed by atoms with Crippen LogP contribution in [0.25, 0.3) is 0 Å². The van der Waals surface area contributed by atoms with Crippen molar-refractivity contribution >= 4 is 11.4 Å². The Morgan fingerprint density at radius 3 is 2.53 bits per heavy atom. The lowest BCUT2D eigenvalue weighted by atomic mass is 9.82. The summed E-state index contributed by atoms with van der Waals surface area (Å²) < 4.78 is 0. The smallest absolute Gasteiger partial charge is 0.0766 e. The molecule has 0 aliphatic carbocycles. The summed E-state index contributed by atoms with van der Waals surface area (Å²) in [5.74, 6) is 1.51. The van der Waals surface area contributed by atoms with E-state index in [0.29, 0.717) is 29.1 Å². The zero-order valence-electron chi connectivity index (χ0n) is 11.0. The van der Waals surface area contributed by atoms with Gasteiger partial charge in [-0.15, -0.1) is 6.58 Å². The van der Waals surface area contributed by atoms with Gasteiger partial charge >= 0.3 is 0 Å². The van der Waals surface area contributed by atoms with Crippen LogP contribution in [-0.4, -0.2) is 4.98 Å². The molecule has 0 saturated carbocycles. The van der Waals surface area contributed by atoms with E-state index in [1.165, 1.54) is 0 Å². The molecule has 0 aromatic carbocycles. The standard InChI is InChI=1S/C14H23N3/c1-5-11(9(2)3)10(4)8-13-14(16)12(15)6-7-17-13/h5-7,9-11H,1,8,16H2,2-4H3,(H2,15,17). The monoisotopic (exact) mass is 233 g/mol.